The van der Waals surface area contributed by atoms with Crippen molar-refractivity contribution in [2.75, 3.05) is 23.6 Å². The highest BCUT2D eigenvalue weighted by Crippen LogP contribution is 2.29. The van der Waals surface area contributed by atoms with Crippen LogP contribution in [0.1, 0.15) is 18.1 Å². The molecule has 0 amide bonds. The van der Waals surface area contributed by atoms with Crippen LogP contribution in [0.25, 0.3) is 0 Å². The maximum atomic E-state index is 11.6. The number of halogens is 1. The summed E-state index contributed by atoms with van der Waals surface area (Å²) in [6, 6.07) is 3.59. The monoisotopic (exact) mass is 315 g/mol. The molecule has 1 aromatic rings. The number of rotatable bonds is 5. The minimum atomic E-state index is -3.32. The normalized spacial score (nSPS) is 14.8. The molecule has 1 aromatic carbocycles. The van der Waals surface area contributed by atoms with Crippen LogP contribution in [0.4, 0.5) is 5.69 Å². The lowest BCUT2D eigenvalue weighted by molar-refractivity contribution is 0.602. The van der Waals surface area contributed by atoms with Crippen LogP contribution in [0.15, 0.2) is 17.1 Å². The van der Waals surface area contributed by atoms with E-state index in [1.165, 1.54) is 0 Å². The molecule has 0 radical (unpaired) electrons. The summed E-state index contributed by atoms with van der Waals surface area (Å²) in [4.78, 5) is 4.35. The van der Waals surface area contributed by atoms with Gasteiger partial charge in [-0.1, -0.05) is 17.7 Å². The zero-order valence-corrected chi connectivity index (χ0v) is 13.1. The Morgan fingerprint density at radius 3 is 2.80 bits per heavy atom. The van der Waals surface area contributed by atoms with E-state index >= 15 is 0 Å². The summed E-state index contributed by atoms with van der Waals surface area (Å²) in [5.41, 5.74) is 2.35. The predicted octanol–water partition coefficient (Wildman–Crippen LogP) is 1.95. The topological polar surface area (TPSA) is 70.6 Å². The Morgan fingerprint density at radius 2 is 2.20 bits per heavy atom. The zero-order chi connectivity index (χ0) is 14.8. The van der Waals surface area contributed by atoms with E-state index in [0.717, 1.165) is 30.1 Å². The Bertz CT molecular complexity index is 641. The molecule has 20 heavy (non-hydrogen) atoms. The molecule has 2 rings (SSSR count). The minimum absolute atomic E-state index is 0.0187. The summed E-state index contributed by atoms with van der Waals surface area (Å²) >= 11 is 6.26. The largest absolute Gasteiger partial charge is 0.372 e. The highest BCUT2D eigenvalue weighted by Gasteiger charge is 2.15. The molecule has 0 atom stereocenters. The lowest BCUT2D eigenvalue weighted by Gasteiger charge is -2.13. The highest BCUT2D eigenvalue weighted by atomic mass is 35.5. The Hall–Kier alpha value is -1.27. The van der Waals surface area contributed by atoms with Gasteiger partial charge in [-0.2, -0.15) is 0 Å². The second kappa shape index (κ2) is 6.01. The van der Waals surface area contributed by atoms with E-state index in [9.17, 15) is 8.42 Å². The van der Waals surface area contributed by atoms with Crippen molar-refractivity contribution in [1.29, 1.82) is 0 Å². The summed E-state index contributed by atoms with van der Waals surface area (Å²) in [5.74, 6) is 0.969. The SMILES string of the molecule is CCS(=O)(=O)Nc1ccc(CC2=NCCN2)c(C)c1Cl. The van der Waals surface area contributed by atoms with E-state index in [4.69, 9.17) is 11.6 Å². The lowest BCUT2D eigenvalue weighted by atomic mass is 10.0. The zero-order valence-electron chi connectivity index (χ0n) is 11.5. The second-order valence-electron chi connectivity index (χ2n) is 4.65. The van der Waals surface area contributed by atoms with Crippen LogP contribution in [0.3, 0.4) is 0 Å². The summed E-state index contributed by atoms with van der Waals surface area (Å²) in [5, 5.41) is 3.65. The fraction of sp³-hybridized carbons (Fsp3) is 0.462. The van der Waals surface area contributed by atoms with Gasteiger partial charge in [0.1, 0.15) is 5.84 Å². The van der Waals surface area contributed by atoms with Crippen molar-refractivity contribution in [1.82, 2.24) is 5.32 Å². The summed E-state index contributed by atoms with van der Waals surface area (Å²) in [6.45, 7) is 5.14. The van der Waals surface area contributed by atoms with Crippen molar-refractivity contribution in [2.24, 2.45) is 4.99 Å². The van der Waals surface area contributed by atoms with Gasteiger partial charge in [0.25, 0.3) is 0 Å². The van der Waals surface area contributed by atoms with E-state index in [0.29, 0.717) is 17.1 Å². The lowest BCUT2D eigenvalue weighted by Crippen LogP contribution is -2.21. The molecule has 1 aliphatic heterocycles. The molecule has 0 bridgehead atoms. The quantitative estimate of drug-likeness (QED) is 0.872. The van der Waals surface area contributed by atoms with Gasteiger partial charge in [0, 0.05) is 13.0 Å². The first-order valence-corrected chi connectivity index (χ1v) is 8.51. The number of hydrogen-bond donors (Lipinski definition) is 2. The summed E-state index contributed by atoms with van der Waals surface area (Å²) < 4.78 is 25.7. The van der Waals surface area contributed by atoms with Crippen molar-refractivity contribution < 1.29 is 8.42 Å². The average Bonchev–Trinajstić information content (AvgIpc) is 2.91. The van der Waals surface area contributed by atoms with E-state index in [1.54, 1.807) is 13.0 Å². The van der Waals surface area contributed by atoms with Crippen LogP contribution < -0.4 is 10.0 Å². The third-order valence-electron chi connectivity index (χ3n) is 3.25. The second-order valence-corrected chi connectivity index (χ2v) is 7.04. The summed E-state index contributed by atoms with van der Waals surface area (Å²) in [7, 11) is -3.32. The van der Waals surface area contributed by atoms with Gasteiger partial charge in [-0.25, -0.2) is 8.42 Å². The van der Waals surface area contributed by atoms with Gasteiger partial charge in [-0.3, -0.25) is 9.71 Å². The van der Waals surface area contributed by atoms with E-state index in [2.05, 4.69) is 15.0 Å². The van der Waals surface area contributed by atoms with Crippen LogP contribution >= 0.6 is 11.6 Å². The molecule has 7 heteroatoms. The third-order valence-corrected chi connectivity index (χ3v) is 5.02. The number of aliphatic imine (C=N–C) groups is 1. The third kappa shape index (κ3) is 3.43. The van der Waals surface area contributed by atoms with Crippen LogP contribution in [0.2, 0.25) is 5.02 Å². The molecule has 0 unspecified atom stereocenters. The van der Waals surface area contributed by atoms with Crippen LogP contribution in [-0.4, -0.2) is 33.1 Å². The molecule has 2 N–H and O–H groups in total. The van der Waals surface area contributed by atoms with Crippen LogP contribution in [-0.2, 0) is 16.4 Å². The number of hydrogen-bond acceptors (Lipinski definition) is 4. The first-order valence-electron chi connectivity index (χ1n) is 6.48. The van der Waals surface area contributed by atoms with E-state index in [1.807, 2.05) is 13.0 Å². The summed E-state index contributed by atoms with van der Waals surface area (Å²) in [6.07, 6.45) is 0.687. The van der Waals surface area contributed by atoms with Crippen molar-refractivity contribution in [2.45, 2.75) is 20.3 Å². The van der Waals surface area contributed by atoms with Crippen molar-refractivity contribution in [3.63, 3.8) is 0 Å². The first-order chi connectivity index (χ1) is 9.43. The fourth-order valence-corrected chi connectivity index (χ4v) is 2.92. The number of benzene rings is 1. The Kier molecular flexibility index (Phi) is 4.55. The van der Waals surface area contributed by atoms with Gasteiger partial charge < -0.3 is 5.32 Å². The van der Waals surface area contributed by atoms with Crippen molar-refractivity contribution >= 4 is 33.1 Å². The van der Waals surface area contributed by atoms with Crippen molar-refractivity contribution in [3.05, 3.63) is 28.3 Å². The molecule has 110 valence electrons. The maximum absolute atomic E-state index is 11.6. The van der Waals surface area contributed by atoms with E-state index < -0.39 is 10.0 Å². The molecule has 0 aromatic heterocycles. The number of anilines is 1. The van der Waals surface area contributed by atoms with Gasteiger partial charge >= 0.3 is 0 Å². The van der Waals surface area contributed by atoms with Crippen molar-refractivity contribution in [3.8, 4) is 0 Å². The standard InChI is InChI=1S/C13H18ClN3O2S/c1-3-20(18,19)17-11-5-4-10(9(2)13(11)14)8-12-15-6-7-16-12/h4-5,17H,3,6-8H2,1-2H3,(H,15,16). The Balaban J connectivity index is 2.24. The molecule has 0 saturated carbocycles. The maximum Gasteiger partial charge on any atom is 0.232 e. The smallest absolute Gasteiger partial charge is 0.232 e. The van der Waals surface area contributed by atoms with Gasteiger partial charge in [-0.15, -0.1) is 0 Å². The number of nitrogens with zero attached hydrogens (tertiary/aromatic N) is 1. The minimum Gasteiger partial charge on any atom is -0.372 e. The molecular weight excluding hydrogens is 298 g/mol. The molecule has 1 heterocycles. The number of sulfonamides is 1. The molecule has 0 fully saturated rings. The molecule has 0 spiro atoms. The average molecular weight is 316 g/mol. The Labute approximate surface area is 124 Å². The highest BCUT2D eigenvalue weighted by molar-refractivity contribution is 7.92. The van der Waals surface area contributed by atoms with Gasteiger partial charge in [0.05, 0.1) is 23.0 Å². The Morgan fingerprint density at radius 1 is 1.45 bits per heavy atom. The van der Waals surface area contributed by atoms with Gasteiger partial charge in [-0.05, 0) is 31.0 Å². The van der Waals surface area contributed by atoms with Gasteiger partial charge in [0.15, 0.2) is 0 Å². The molecule has 5 nitrogen and oxygen atoms in total. The van der Waals surface area contributed by atoms with Crippen LogP contribution in [0.5, 0.6) is 0 Å². The van der Waals surface area contributed by atoms with E-state index in [-0.39, 0.29) is 5.75 Å². The molecule has 0 aliphatic carbocycles. The molecular formula is C13H18ClN3O2S. The number of nitrogens with one attached hydrogen (secondary N) is 2. The molecule has 1 aliphatic rings. The number of amidine groups is 1. The fourth-order valence-electron chi connectivity index (χ4n) is 1.98. The predicted molar refractivity (Wildman–Crippen MR) is 83.3 cm³/mol. The molecule has 0 saturated heterocycles. The van der Waals surface area contributed by atoms with Gasteiger partial charge in [0.2, 0.25) is 10.0 Å². The van der Waals surface area contributed by atoms with Crippen LogP contribution in [0, 0.1) is 6.92 Å². The first kappa shape index (κ1) is 15.1.